The van der Waals surface area contributed by atoms with E-state index in [-0.39, 0.29) is 5.92 Å². The summed E-state index contributed by atoms with van der Waals surface area (Å²) in [7, 11) is 0. The first-order chi connectivity index (χ1) is 9.39. The predicted octanol–water partition coefficient (Wildman–Crippen LogP) is 3.58. The molecular weight excluding hydrogens is 265 g/mol. The largest absolute Gasteiger partial charge is 0.391 e. The SMILES string of the molecule is CC(C)CNCCCNCC1CCCC(C(F)(F)F)C1. The highest BCUT2D eigenvalue weighted by atomic mass is 19.4. The van der Waals surface area contributed by atoms with Crippen molar-refractivity contribution in [3.05, 3.63) is 0 Å². The molecule has 1 fully saturated rings. The molecule has 20 heavy (non-hydrogen) atoms. The highest BCUT2D eigenvalue weighted by Crippen LogP contribution is 2.39. The third-order valence-electron chi connectivity index (χ3n) is 3.94. The quantitative estimate of drug-likeness (QED) is 0.669. The van der Waals surface area contributed by atoms with Crippen LogP contribution >= 0.6 is 0 Å². The lowest BCUT2D eigenvalue weighted by Gasteiger charge is -2.30. The summed E-state index contributed by atoms with van der Waals surface area (Å²) in [5.74, 6) is -0.223. The molecule has 0 bridgehead atoms. The Hall–Kier alpha value is -0.290. The van der Waals surface area contributed by atoms with Gasteiger partial charge in [-0.05, 0) is 63.7 Å². The lowest BCUT2D eigenvalue weighted by Crippen LogP contribution is -2.34. The number of hydrogen-bond acceptors (Lipinski definition) is 2. The highest BCUT2D eigenvalue weighted by Gasteiger charge is 2.41. The minimum absolute atomic E-state index is 0.194. The third-order valence-corrected chi connectivity index (χ3v) is 3.94. The van der Waals surface area contributed by atoms with Crippen molar-refractivity contribution < 1.29 is 13.2 Å². The van der Waals surface area contributed by atoms with E-state index in [0.29, 0.717) is 25.2 Å². The molecule has 2 nitrogen and oxygen atoms in total. The Morgan fingerprint density at radius 1 is 1.10 bits per heavy atom. The summed E-state index contributed by atoms with van der Waals surface area (Å²) in [5.41, 5.74) is 0. The molecule has 0 saturated heterocycles. The fourth-order valence-electron chi connectivity index (χ4n) is 2.81. The van der Waals surface area contributed by atoms with Crippen LogP contribution in [-0.4, -0.2) is 32.4 Å². The summed E-state index contributed by atoms with van der Waals surface area (Å²) < 4.78 is 38.0. The van der Waals surface area contributed by atoms with Crippen LogP contribution in [0.2, 0.25) is 0 Å². The normalized spacial score (nSPS) is 24.3. The Morgan fingerprint density at radius 3 is 2.45 bits per heavy atom. The molecule has 1 rings (SSSR count). The molecule has 0 amide bonds. The van der Waals surface area contributed by atoms with Gasteiger partial charge in [-0.25, -0.2) is 0 Å². The minimum Gasteiger partial charge on any atom is -0.316 e. The highest BCUT2D eigenvalue weighted by molar-refractivity contribution is 4.79. The van der Waals surface area contributed by atoms with Crippen molar-refractivity contribution in [2.24, 2.45) is 17.8 Å². The molecule has 0 heterocycles. The Labute approximate surface area is 120 Å². The van der Waals surface area contributed by atoms with E-state index >= 15 is 0 Å². The Kier molecular flexibility index (Phi) is 7.88. The van der Waals surface area contributed by atoms with E-state index in [0.717, 1.165) is 39.0 Å². The number of rotatable bonds is 8. The zero-order valence-electron chi connectivity index (χ0n) is 12.7. The molecule has 0 aromatic carbocycles. The second-order valence-electron chi connectivity index (χ2n) is 6.43. The van der Waals surface area contributed by atoms with E-state index in [4.69, 9.17) is 0 Å². The maximum atomic E-state index is 12.7. The van der Waals surface area contributed by atoms with Crippen molar-refractivity contribution >= 4 is 0 Å². The van der Waals surface area contributed by atoms with Crippen molar-refractivity contribution in [2.45, 2.75) is 52.1 Å². The zero-order valence-corrected chi connectivity index (χ0v) is 12.7. The second-order valence-corrected chi connectivity index (χ2v) is 6.43. The van der Waals surface area contributed by atoms with Gasteiger partial charge in [-0.15, -0.1) is 0 Å². The van der Waals surface area contributed by atoms with Crippen molar-refractivity contribution in [3.63, 3.8) is 0 Å². The average molecular weight is 294 g/mol. The predicted molar refractivity (Wildman–Crippen MR) is 76.7 cm³/mol. The van der Waals surface area contributed by atoms with Gasteiger partial charge in [0.05, 0.1) is 5.92 Å². The Morgan fingerprint density at radius 2 is 1.80 bits per heavy atom. The topological polar surface area (TPSA) is 24.1 Å². The summed E-state index contributed by atoms with van der Waals surface area (Å²) in [6.45, 7) is 7.96. The maximum Gasteiger partial charge on any atom is 0.391 e. The maximum absolute atomic E-state index is 12.7. The summed E-state index contributed by atoms with van der Waals surface area (Å²) in [6.07, 6.45) is -0.694. The van der Waals surface area contributed by atoms with Crippen molar-refractivity contribution in [3.8, 4) is 0 Å². The van der Waals surface area contributed by atoms with Gasteiger partial charge in [0, 0.05) is 0 Å². The second kappa shape index (κ2) is 8.88. The molecule has 0 spiro atoms. The van der Waals surface area contributed by atoms with Gasteiger partial charge in [-0.3, -0.25) is 0 Å². The molecule has 120 valence electrons. The molecule has 0 aliphatic heterocycles. The van der Waals surface area contributed by atoms with Crippen LogP contribution in [0.25, 0.3) is 0 Å². The third kappa shape index (κ3) is 7.48. The average Bonchev–Trinajstić information content (AvgIpc) is 2.36. The monoisotopic (exact) mass is 294 g/mol. The fourth-order valence-corrected chi connectivity index (χ4v) is 2.81. The van der Waals surface area contributed by atoms with Crippen molar-refractivity contribution in [2.75, 3.05) is 26.2 Å². The smallest absolute Gasteiger partial charge is 0.316 e. The first-order valence-corrected chi connectivity index (χ1v) is 7.87. The van der Waals surface area contributed by atoms with Crippen LogP contribution in [0, 0.1) is 17.8 Å². The Bertz CT molecular complexity index is 254. The minimum atomic E-state index is -4.00. The van der Waals surface area contributed by atoms with E-state index in [9.17, 15) is 13.2 Å². The van der Waals surface area contributed by atoms with Gasteiger partial charge in [-0.2, -0.15) is 13.2 Å². The van der Waals surface area contributed by atoms with Crippen LogP contribution < -0.4 is 10.6 Å². The van der Waals surface area contributed by atoms with Crippen LogP contribution in [0.3, 0.4) is 0 Å². The van der Waals surface area contributed by atoms with E-state index < -0.39 is 12.1 Å². The summed E-state index contributed by atoms with van der Waals surface area (Å²) >= 11 is 0. The van der Waals surface area contributed by atoms with E-state index in [1.54, 1.807) is 0 Å². The molecule has 0 radical (unpaired) electrons. The van der Waals surface area contributed by atoms with Gasteiger partial charge in [0.1, 0.15) is 0 Å². The van der Waals surface area contributed by atoms with Crippen molar-refractivity contribution in [1.29, 1.82) is 0 Å². The number of nitrogens with one attached hydrogen (secondary N) is 2. The van der Waals surface area contributed by atoms with Gasteiger partial charge < -0.3 is 10.6 Å². The molecule has 2 N–H and O–H groups in total. The Balaban J connectivity index is 2.04. The molecule has 1 aliphatic rings. The summed E-state index contributed by atoms with van der Waals surface area (Å²) in [6, 6.07) is 0. The lowest BCUT2D eigenvalue weighted by atomic mass is 9.81. The van der Waals surface area contributed by atoms with Crippen LogP contribution in [0.1, 0.15) is 46.0 Å². The lowest BCUT2D eigenvalue weighted by molar-refractivity contribution is -0.185. The molecule has 2 atom stereocenters. The van der Waals surface area contributed by atoms with Gasteiger partial charge >= 0.3 is 6.18 Å². The van der Waals surface area contributed by atoms with Crippen LogP contribution in [0.5, 0.6) is 0 Å². The first-order valence-electron chi connectivity index (χ1n) is 7.87. The standard InChI is InChI=1S/C15H29F3N2/c1-12(2)10-19-7-4-8-20-11-13-5-3-6-14(9-13)15(16,17)18/h12-14,19-20H,3-11H2,1-2H3. The van der Waals surface area contributed by atoms with Gasteiger partial charge in [0.15, 0.2) is 0 Å². The summed E-state index contributed by atoms with van der Waals surface area (Å²) in [4.78, 5) is 0. The van der Waals surface area contributed by atoms with Crippen molar-refractivity contribution in [1.82, 2.24) is 10.6 Å². The molecule has 2 unspecified atom stereocenters. The van der Waals surface area contributed by atoms with E-state index in [1.807, 2.05) is 0 Å². The molecule has 1 saturated carbocycles. The van der Waals surface area contributed by atoms with Crippen LogP contribution in [0.15, 0.2) is 0 Å². The van der Waals surface area contributed by atoms with Gasteiger partial charge in [-0.1, -0.05) is 20.3 Å². The molecular formula is C15H29F3N2. The number of hydrogen-bond donors (Lipinski definition) is 2. The molecule has 1 aliphatic carbocycles. The summed E-state index contributed by atoms with van der Waals surface area (Å²) in [5, 5.41) is 6.67. The van der Waals surface area contributed by atoms with E-state index in [2.05, 4.69) is 24.5 Å². The number of halogens is 3. The van der Waals surface area contributed by atoms with Gasteiger partial charge in [0.2, 0.25) is 0 Å². The van der Waals surface area contributed by atoms with Crippen LogP contribution in [0.4, 0.5) is 13.2 Å². The fraction of sp³-hybridized carbons (Fsp3) is 1.00. The molecule has 5 heteroatoms. The van der Waals surface area contributed by atoms with E-state index in [1.165, 1.54) is 0 Å². The van der Waals surface area contributed by atoms with Crippen LogP contribution in [-0.2, 0) is 0 Å². The van der Waals surface area contributed by atoms with Gasteiger partial charge in [0.25, 0.3) is 0 Å². The molecule has 0 aromatic heterocycles. The molecule has 0 aromatic rings. The zero-order chi connectivity index (χ0) is 15.0. The first kappa shape index (κ1) is 17.8. The number of alkyl halides is 3.